The van der Waals surface area contributed by atoms with Crippen molar-refractivity contribution in [1.82, 2.24) is 0 Å². The molecule has 0 bridgehead atoms. The number of hydrogen-bond acceptors (Lipinski definition) is 3. The minimum Gasteiger partial charge on any atom is -0.497 e. The smallest absolute Gasteiger partial charge is 0.169 e. The van der Waals surface area contributed by atoms with E-state index in [4.69, 9.17) is 16.3 Å². The Morgan fingerprint density at radius 2 is 2.12 bits per heavy atom. The number of methoxy groups -OCH3 is 1. The molecule has 0 heterocycles. The number of carbonyl (C=O) groups excluding carboxylic acids is 1. The Morgan fingerprint density at radius 3 is 2.53 bits per heavy atom. The summed E-state index contributed by atoms with van der Waals surface area (Å²) in [6.45, 7) is 3.63. The predicted molar refractivity (Wildman–Crippen MR) is 67.7 cm³/mol. The van der Waals surface area contributed by atoms with Crippen LogP contribution in [0.2, 0.25) is 5.02 Å². The van der Waals surface area contributed by atoms with Gasteiger partial charge in [-0.2, -0.15) is 0 Å². The lowest BCUT2D eigenvalue weighted by molar-refractivity contribution is 0.0807. The summed E-state index contributed by atoms with van der Waals surface area (Å²) >= 11 is 6.03. The number of halogens is 1. The molecule has 0 saturated carbocycles. The predicted octanol–water partition coefficient (Wildman–Crippen LogP) is 2.80. The average Bonchev–Trinajstić information content (AvgIpc) is 2.28. The van der Waals surface area contributed by atoms with Gasteiger partial charge in [-0.3, -0.25) is 4.79 Å². The van der Waals surface area contributed by atoms with Crippen LogP contribution in [0.3, 0.4) is 0 Å². The molecule has 1 aromatic carbocycles. The highest BCUT2D eigenvalue weighted by Gasteiger charge is 2.24. The second-order valence-corrected chi connectivity index (χ2v) is 4.65. The summed E-state index contributed by atoms with van der Waals surface area (Å²) in [5.74, 6) is 0.137. The Balaban J connectivity index is 3.03. The third-order valence-electron chi connectivity index (χ3n) is 2.78. The van der Waals surface area contributed by atoms with Gasteiger partial charge in [0.2, 0.25) is 0 Å². The van der Waals surface area contributed by atoms with Crippen LogP contribution in [-0.2, 0) is 0 Å². The number of Topliss-reactive ketones (excluding diaryl/α,β-unsaturated/α-hetero) is 1. The molecule has 4 heteroatoms. The summed E-state index contributed by atoms with van der Waals surface area (Å²) in [6.07, 6.45) is 0. The van der Waals surface area contributed by atoms with E-state index in [-0.39, 0.29) is 18.3 Å². The van der Waals surface area contributed by atoms with Crippen LogP contribution in [-0.4, -0.2) is 24.6 Å². The maximum atomic E-state index is 12.2. The summed E-state index contributed by atoms with van der Waals surface area (Å²) in [5, 5.41) is 9.59. The van der Waals surface area contributed by atoms with Crippen LogP contribution in [0.1, 0.15) is 24.2 Å². The number of benzene rings is 1. The Morgan fingerprint density at radius 1 is 1.47 bits per heavy atom. The van der Waals surface area contributed by atoms with Gasteiger partial charge in [0.05, 0.1) is 18.7 Å². The topological polar surface area (TPSA) is 46.5 Å². The fraction of sp³-hybridized carbons (Fsp3) is 0.462. The minimum atomic E-state index is -0.416. The molecule has 0 saturated heterocycles. The molecular weight excluding hydrogens is 240 g/mol. The number of ether oxygens (including phenoxy) is 1. The van der Waals surface area contributed by atoms with Crippen LogP contribution >= 0.6 is 11.6 Å². The van der Waals surface area contributed by atoms with Crippen molar-refractivity contribution in [3.8, 4) is 5.75 Å². The van der Waals surface area contributed by atoms with Gasteiger partial charge in [0.15, 0.2) is 5.78 Å². The molecule has 0 aromatic heterocycles. The first-order valence-corrected chi connectivity index (χ1v) is 5.87. The Bertz CT molecular complexity index is 402. The van der Waals surface area contributed by atoms with E-state index in [2.05, 4.69) is 0 Å². The minimum absolute atomic E-state index is 0.0747. The lowest BCUT2D eigenvalue weighted by atomic mass is 9.88. The van der Waals surface area contributed by atoms with Gasteiger partial charge in [-0.25, -0.2) is 0 Å². The molecule has 0 fully saturated rings. The zero-order chi connectivity index (χ0) is 13.0. The van der Waals surface area contributed by atoms with Gasteiger partial charge in [0, 0.05) is 11.5 Å². The Labute approximate surface area is 106 Å². The van der Waals surface area contributed by atoms with Crippen LogP contribution in [0.25, 0.3) is 0 Å². The molecule has 0 amide bonds. The van der Waals surface area contributed by atoms with Crippen LogP contribution in [0, 0.1) is 11.8 Å². The van der Waals surface area contributed by atoms with E-state index < -0.39 is 5.92 Å². The largest absolute Gasteiger partial charge is 0.497 e. The summed E-state index contributed by atoms with van der Waals surface area (Å²) in [4.78, 5) is 12.2. The Hall–Kier alpha value is -1.06. The third-order valence-corrected chi connectivity index (χ3v) is 3.09. The van der Waals surface area contributed by atoms with Crippen molar-refractivity contribution in [2.24, 2.45) is 11.8 Å². The van der Waals surface area contributed by atoms with Gasteiger partial charge < -0.3 is 9.84 Å². The monoisotopic (exact) mass is 256 g/mol. The molecule has 0 spiro atoms. The first-order chi connectivity index (χ1) is 8.01. The second-order valence-electron chi connectivity index (χ2n) is 4.24. The number of hydrogen-bond donors (Lipinski definition) is 1. The van der Waals surface area contributed by atoms with Crippen molar-refractivity contribution in [3.63, 3.8) is 0 Å². The summed E-state index contributed by atoms with van der Waals surface area (Å²) in [6, 6.07) is 4.92. The van der Waals surface area contributed by atoms with Crippen LogP contribution in [0.5, 0.6) is 5.75 Å². The molecule has 0 aliphatic heterocycles. The maximum Gasteiger partial charge on any atom is 0.169 e. The number of ketones is 1. The number of aliphatic hydroxyl groups excluding tert-OH is 1. The van der Waals surface area contributed by atoms with Gasteiger partial charge in [-0.1, -0.05) is 25.4 Å². The molecule has 3 nitrogen and oxygen atoms in total. The molecule has 0 aliphatic carbocycles. The van der Waals surface area contributed by atoms with E-state index >= 15 is 0 Å². The SMILES string of the molecule is COc1ccc(C(=O)C(CO)C(C)C)c(Cl)c1. The van der Waals surface area contributed by atoms with Gasteiger partial charge in [-0.15, -0.1) is 0 Å². The van der Waals surface area contributed by atoms with Gasteiger partial charge in [0.25, 0.3) is 0 Å². The van der Waals surface area contributed by atoms with E-state index in [0.717, 1.165) is 0 Å². The molecule has 0 aliphatic rings. The van der Waals surface area contributed by atoms with Crippen molar-refractivity contribution in [2.45, 2.75) is 13.8 Å². The van der Waals surface area contributed by atoms with E-state index in [1.54, 1.807) is 18.2 Å². The summed E-state index contributed by atoms with van der Waals surface area (Å²) in [7, 11) is 1.54. The Kier molecular flexibility index (Phi) is 4.97. The number of aliphatic hydroxyl groups is 1. The van der Waals surface area contributed by atoms with Crippen molar-refractivity contribution in [3.05, 3.63) is 28.8 Å². The van der Waals surface area contributed by atoms with Crippen molar-refractivity contribution >= 4 is 17.4 Å². The highest BCUT2D eigenvalue weighted by molar-refractivity contribution is 6.34. The highest BCUT2D eigenvalue weighted by Crippen LogP contribution is 2.26. The zero-order valence-electron chi connectivity index (χ0n) is 10.2. The second kappa shape index (κ2) is 6.03. The molecule has 1 atom stereocenters. The van der Waals surface area contributed by atoms with E-state index in [1.807, 2.05) is 13.8 Å². The van der Waals surface area contributed by atoms with E-state index in [1.165, 1.54) is 7.11 Å². The van der Waals surface area contributed by atoms with Crippen molar-refractivity contribution < 1.29 is 14.6 Å². The van der Waals surface area contributed by atoms with Gasteiger partial charge in [0.1, 0.15) is 5.75 Å². The maximum absolute atomic E-state index is 12.2. The average molecular weight is 257 g/mol. The lowest BCUT2D eigenvalue weighted by Crippen LogP contribution is -2.24. The lowest BCUT2D eigenvalue weighted by Gasteiger charge is -2.17. The van der Waals surface area contributed by atoms with Gasteiger partial charge in [-0.05, 0) is 24.1 Å². The van der Waals surface area contributed by atoms with E-state index in [9.17, 15) is 9.90 Å². The number of carbonyl (C=O) groups is 1. The molecule has 94 valence electrons. The van der Waals surface area contributed by atoms with Gasteiger partial charge >= 0.3 is 0 Å². The molecule has 1 N–H and O–H groups in total. The zero-order valence-corrected chi connectivity index (χ0v) is 11.0. The molecule has 1 rings (SSSR count). The molecule has 1 aromatic rings. The fourth-order valence-electron chi connectivity index (χ4n) is 1.62. The quantitative estimate of drug-likeness (QED) is 0.824. The molecule has 17 heavy (non-hydrogen) atoms. The molecule has 0 radical (unpaired) electrons. The first-order valence-electron chi connectivity index (χ1n) is 5.49. The molecule has 1 unspecified atom stereocenters. The van der Waals surface area contributed by atoms with Crippen LogP contribution in [0.4, 0.5) is 0 Å². The standard InChI is InChI=1S/C13H17ClO3/c1-8(2)11(7-15)13(16)10-5-4-9(17-3)6-12(10)14/h4-6,8,11,15H,7H2,1-3H3. The van der Waals surface area contributed by atoms with Crippen LogP contribution < -0.4 is 4.74 Å². The third kappa shape index (κ3) is 3.20. The highest BCUT2D eigenvalue weighted by atomic mass is 35.5. The van der Waals surface area contributed by atoms with Crippen molar-refractivity contribution in [1.29, 1.82) is 0 Å². The fourth-order valence-corrected chi connectivity index (χ4v) is 1.88. The van der Waals surface area contributed by atoms with Crippen molar-refractivity contribution in [2.75, 3.05) is 13.7 Å². The number of rotatable bonds is 5. The van der Waals surface area contributed by atoms with Crippen LogP contribution in [0.15, 0.2) is 18.2 Å². The summed E-state index contributed by atoms with van der Waals surface area (Å²) in [5.41, 5.74) is 0.431. The normalized spacial score (nSPS) is 12.6. The van der Waals surface area contributed by atoms with E-state index in [0.29, 0.717) is 16.3 Å². The summed E-state index contributed by atoms with van der Waals surface area (Å²) < 4.78 is 5.02. The molecular formula is C13H17ClO3. The first kappa shape index (κ1) is 14.0.